The van der Waals surface area contributed by atoms with Gasteiger partial charge < -0.3 is 19.3 Å². The number of hydrogen-bond acceptors (Lipinski definition) is 11. The van der Waals surface area contributed by atoms with Crippen LogP contribution in [0.25, 0.3) is 0 Å². The molecule has 0 N–H and O–H groups in total. The Morgan fingerprint density at radius 2 is 0.825 bits per heavy atom. The van der Waals surface area contributed by atoms with Gasteiger partial charge in [-0.25, -0.2) is 0 Å². The number of carbonyl (C=O) groups excluding carboxylic acids is 1. The minimum atomic E-state index is -0.0838. The molecule has 0 fully saturated rings. The van der Waals surface area contributed by atoms with Crippen LogP contribution in [0, 0.1) is 0 Å². The molecule has 5 nitrogen and oxygen atoms in total. The largest absolute Gasteiger partial charge is 0.495 e. The fraction of sp³-hybridized carbons (Fsp3) is 0.935. The van der Waals surface area contributed by atoms with Crippen molar-refractivity contribution in [3.8, 4) is 0 Å². The summed E-state index contributed by atoms with van der Waals surface area (Å²) in [5.74, 6) is 5.10. The number of nitrogens with zero attached hydrogens (tertiary/aromatic N) is 2. The van der Waals surface area contributed by atoms with E-state index in [9.17, 15) is 4.79 Å². The molecule has 2 unspecified atom stereocenters. The molecular weight excluding hydrogens is 821 g/mol. The number of hydrogen-bond donors (Lipinski definition) is 0. The molecule has 2 atom stereocenters. The second-order valence-corrected chi connectivity index (χ2v) is 25.1. The Morgan fingerprint density at radius 1 is 0.474 bits per heavy atom. The summed E-state index contributed by atoms with van der Waals surface area (Å²) >= 11 is 0. The predicted molar refractivity (Wildman–Crippen MR) is 271 cm³/mol. The first-order chi connectivity index (χ1) is 27.8. The number of carbonyl (C=O) groups is 1. The minimum absolute atomic E-state index is 0.0432. The first-order valence-corrected chi connectivity index (χ1v) is 31.2. The van der Waals surface area contributed by atoms with E-state index in [1.54, 1.807) is 0 Å². The summed E-state index contributed by atoms with van der Waals surface area (Å²) in [6, 6.07) is 0. The van der Waals surface area contributed by atoms with Gasteiger partial charge in [-0.3, -0.25) is 4.79 Å². The highest BCUT2D eigenvalue weighted by molar-refractivity contribution is 9.09. The quantitative estimate of drug-likeness (QED) is 0.0254. The van der Waals surface area contributed by atoms with Gasteiger partial charge in [-0.1, -0.05) is 205 Å². The zero-order valence-electron chi connectivity index (χ0n) is 38.2. The Bertz CT molecular complexity index is 795. The molecule has 340 valence electrons. The van der Waals surface area contributed by atoms with E-state index in [4.69, 9.17) is 9.47 Å². The van der Waals surface area contributed by atoms with Gasteiger partial charge >= 0.3 is 5.97 Å². The van der Waals surface area contributed by atoms with Gasteiger partial charge in [-0.15, -0.1) is 0 Å². The van der Waals surface area contributed by atoms with E-state index in [-0.39, 0.29) is 18.2 Å². The van der Waals surface area contributed by atoms with Gasteiger partial charge in [0.05, 0.1) is 12.2 Å². The Balaban J connectivity index is 3.59. The third kappa shape index (κ3) is 46.4. The monoisotopic (exact) mass is 913 g/mol. The number of ether oxygens (including phenoxy) is 2. The van der Waals surface area contributed by atoms with Gasteiger partial charge in [0.1, 0.15) is 12.2 Å². The number of esters is 1. The molecule has 0 rings (SSSR count). The molecule has 0 aliphatic rings. The smallest absolute Gasteiger partial charge is 0.307 e. The lowest BCUT2D eigenvalue weighted by molar-refractivity contribution is -0.147. The molecule has 0 spiro atoms. The van der Waals surface area contributed by atoms with Gasteiger partial charge in [0, 0.05) is 42.5 Å². The standard InChI is InChI=1S/C46H92N2O3S6/c1-8-10-12-14-16-18-20-22-24-26-28-30-39-52-56-54-41-44(4)50-43(3)33-37-47(6)35-32-36-48(7)38-34-46(49)51-45(5)42-55-57-53-40-31-29-27-25-23-21-19-17-15-13-11-9-2/h44-45H,3,8-42H2,1-2,4-7H3. The van der Waals surface area contributed by atoms with E-state index in [1.165, 1.54) is 166 Å². The third-order valence-corrected chi connectivity index (χ3v) is 19.2. The lowest BCUT2D eigenvalue weighted by Gasteiger charge is -2.22. The Morgan fingerprint density at radius 3 is 1.23 bits per heavy atom. The fourth-order valence-corrected chi connectivity index (χ4v) is 14.5. The van der Waals surface area contributed by atoms with Crippen molar-refractivity contribution in [3.05, 3.63) is 12.3 Å². The van der Waals surface area contributed by atoms with E-state index in [0.717, 1.165) is 56.3 Å². The molecule has 0 radical (unpaired) electrons. The van der Waals surface area contributed by atoms with Crippen LogP contribution in [-0.2, 0) is 14.3 Å². The SMILES string of the molecule is C=C(CCN(C)CCCN(C)CCC(=O)OC(C)CSSSCCCCCCCCCCCCCC)OC(C)CSSSCCCCCCCCCCCCCC. The second-order valence-electron chi connectivity index (χ2n) is 16.4. The maximum atomic E-state index is 12.4. The first-order valence-electron chi connectivity index (χ1n) is 23.5. The average Bonchev–Trinajstić information content (AvgIpc) is 3.19. The fourth-order valence-electron chi connectivity index (χ4n) is 6.51. The van der Waals surface area contributed by atoms with Crippen molar-refractivity contribution >= 4 is 68.8 Å². The lowest BCUT2D eigenvalue weighted by Crippen LogP contribution is -2.29. The van der Waals surface area contributed by atoms with Gasteiger partial charge in [-0.2, -0.15) is 0 Å². The van der Waals surface area contributed by atoms with Crippen LogP contribution in [0.2, 0.25) is 0 Å². The molecule has 0 bridgehead atoms. The molecule has 0 heterocycles. The number of unbranched alkanes of at least 4 members (excludes halogenated alkanes) is 22. The summed E-state index contributed by atoms with van der Waals surface area (Å²) in [6.07, 6.45) is 36.3. The predicted octanol–water partition coefficient (Wildman–Crippen LogP) is 16.3. The van der Waals surface area contributed by atoms with E-state index in [2.05, 4.69) is 51.2 Å². The molecule has 11 heteroatoms. The summed E-state index contributed by atoms with van der Waals surface area (Å²) in [6.45, 7) is 16.6. The van der Waals surface area contributed by atoms with Crippen molar-refractivity contribution in [1.29, 1.82) is 0 Å². The normalized spacial score (nSPS) is 12.8. The topological polar surface area (TPSA) is 42.0 Å². The summed E-state index contributed by atoms with van der Waals surface area (Å²) in [7, 11) is 15.7. The lowest BCUT2D eigenvalue weighted by atomic mass is 10.1. The molecule has 0 saturated carbocycles. The van der Waals surface area contributed by atoms with E-state index in [1.807, 2.05) is 69.8 Å². The summed E-state index contributed by atoms with van der Waals surface area (Å²) in [4.78, 5) is 17.0. The molecule has 0 aliphatic carbocycles. The molecule has 0 aliphatic heterocycles. The van der Waals surface area contributed by atoms with Crippen LogP contribution in [-0.4, -0.2) is 91.3 Å². The van der Waals surface area contributed by atoms with Crippen LogP contribution in [0.1, 0.15) is 201 Å². The molecule has 0 aromatic carbocycles. The number of rotatable bonds is 47. The van der Waals surface area contributed by atoms with Gasteiger partial charge in [0.25, 0.3) is 0 Å². The molecule has 0 aromatic rings. The van der Waals surface area contributed by atoms with E-state index < -0.39 is 0 Å². The average molecular weight is 914 g/mol. The van der Waals surface area contributed by atoms with Crippen LogP contribution in [0.4, 0.5) is 0 Å². The van der Waals surface area contributed by atoms with Crippen LogP contribution < -0.4 is 0 Å². The Hall–Kier alpha value is 1.03. The highest BCUT2D eigenvalue weighted by Crippen LogP contribution is 2.37. The van der Waals surface area contributed by atoms with E-state index in [0.29, 0.717) is 6.42 Å². The van der Waals surface area contributed by atoms with Crippen molar-refractivity contribution in [2.75, 3.05) is 63.3 Å². The highest BCUT2D eigenvalue weighted by atomic mass is 33.5. The maximum absolute atomic E-state index is 12.4. The van der Waals surface area contributed by atoms with Crippen molar-refractivity contribution in [2.45, 2.75) is 213 Å². The van der Waals surface area contributed by atoms with Gasteiger partial charge in [-0.05, 0) is 79.9 Å². The van der Waals surface area contributed by atoms with Crippen LogP contribution in [0.3, 0.4) is 0 Å². The van der Waals surface area contributed by atoms with Crippen molar-refractivity contribution in [2.24, 2.45) is 0 Å². The molecule has 0 aromatic heterocycles. The minimum Gasteiger partial charge on any atom is -0.495 e. The van der Waals surface area contributed by atoms with Crippen LogP contribution in [0.15, 0.2) is 12.3 Å². The zero-order chi connectivity index (χ0) is 41.9. The Labute approximate surface area is 379 Å². The second kappa shape index (κ2) is 46.5. The third-order valence-electron chi connectivity index (χ3n) is 10.2. The summed E-state index contributed by atoms with van der Waals surface area (Å²) in [5.41, 5.74) is 0. The zero-order valence-corrected chi connectivity index (χ0v) is 43.1. The molecular formula is C46H92N2O3S6. The van der Waals surface area contributed by atoms with Gasteiger partial charge in [0.15, 0.2) is 0 Å². The van der Waals surface area contributed by atoms with Crippen LogP contribution >= 0.6 is 62.8 Å². The molecule has 0 amide bonds. The maximum Gasteiger partial charge on any atom is 0.307 e. The summed E-state index contributed by atoms with van der Waals surface area (Å²) in [5, 5.41) is 0. The van der Waals surface area contributed by atoms with Crippen molar-refractivity contribution in [1.82, 2.24) is 9.80 Å². The first kappa shape index (κ1) is 58.0. The molecule has 0 saturated heterocycles. The van der Waals surface area contributed by atoms with Gasteiger partial charge in [0.2, 0.25) is 0 Å². The van der Waals surface area contributed by atoms with Crippen molar-refractivity contribution in [3.63, 3.8) is 0 Å². The van der Waals surface area contributed by atoms with Crippen LogP contribution in [0.5, 0.6) is 0 Å². The Kier molecular flexibility index (Phi) is 47.4. The van der Waals surface area contributed by atoms with Crippen molar-refractivity contribution < 1.29 is 14.3 Å². The highest BCUT2D eigenvalue weighted by Gasteiger charge is 2.12. The molecule has 57 heavy (non-hydrogen) atoms. The summed E-state index contributed by atoms with van der Waals surface area (Å²) < 4.78 is 11.8. The van der Waals surface area contributed by atoms with E-state index >= 15 is 0 Å².